The van der Waals surface area contributed by atoms with Crippen LogP contribution in [0.4, 0.5) is 0 Å². The van der Waals surface area contributed by atoms with E-state index in [1.165, 1.54) is 0 Å². The average Bonchev–Trinajstić information content (AvgIpc) is 2.90. The number of nitrogens with one attached hydrogen (secondary N) is 1. The molecule has 1 saturated heterocycles. The summed E-state index contributed by atoms with van der Waals surface area (Å²) in [5, 5.41) is 3.11. The quantitative estimate of drug-likeness (QED) is 0.790. The predicted octanol–water partition coefficient (Wildman–Crippen LogP) is 2.72. The number of likely N-dealkylation sites (tertiary alicyclic amines) is 1. The molecule has 0 saturated carbocycles. The number of carbonyl (C=O) groups is 2. The van der Waals surface area contributed by atoms with Crippen LogP contribution in [0.25, 0.3) is 11.1 Å². The third-order valence-electron chi connectivity index (χ3n) is 5.04. The van der Waals surface area contributed by atoms with Crippen LogP contribution in [-0.2, 0) is 0 Å². The molecule has 1 aliphatic heterocycles. The molecule has 2 aromatic carbocycles. The molecule has 0 radical (unpaired) electrons. The molecular formula is C20H20N2O2. The second-order valence-corrected chi connectivity index (χ2v) is 6.69. The molecule has 0 atom stereocenters. The van der Waals surface area contributed by atoms with Crippen LogP contribution in [0, 0.1) is 0 Å². The van der Waals surface area contributed by atoms with Gasteiger partial charge in [0.1, 0.15) is 0 Å². The molecule has 0 aromatic heterocycles. The van der Waals surface area contributed by atoms with Crippen LogP contribution >= 0.6 is 0 Å². The van der Waals surface area contributed by atoms with Gasteiger partial charge in [0.2, 0.25) is 0 Å². The van der Waals surface area contributed by atoms with Gasteiger partial charge in [0, 0.05) is 22.7 Å². The van der Waals surface area contributed by atoms with E-state index in [1.54, 1.807) is 6.07 Å². The molecule has 2 aliphatic rings. The fraction of sp³-hybridized carbons (Fsp3) is 0.300. The van der Waals surface area contributed by atoms with Crippen molar-refractivity contribution in [2.75, 3.05) is 20.1 Å². The van der Waals surface area contributed by atoms with E-state index in [1.807, 2.05) is 36.4 Å². The fourth-order valence-electron chi connectivity index (χ4n) is 3.59. The van der Waals surface area contributed by atoms with Gasteiger partial charge >= 0.3 is 0 Å². The van der Waals surface area contributed by atoms with Gasteiger partial charge in [-0.3, -0.25) is 9.59 Å². The lowest BCUT2D eigenvalue weighted by Crippen LogP contribution is -2.43. The minimum atomic E-state index is -0.0869. The first-order chi connectivity index (χ1) is 11.6. The number of hydrogen-bond acceptors (Lipinski definition) is 3. The van der Waals surface area contributed by atoms with E-state index in [2.05, 4.69) is 17.3 Å². The Bertz CT molecular complexity index is 820. The molecule has 1 fully saturated rings. The van der Waals surface area contributed by atoms with Crippen LogP contribution in [0.5, 0.6) is 0 Å². The molecule has 1 amide bonds. The number of nitrogens with zero attached hydrogens (tertiary/aromatic N) is 1. The van der Waals surface area contributed by atoms with Gasteiger partial charge in [0.25, 0.3) is 5.91 Å². The highest BCUT2D eigenvalue weighted by Crippen LogP contribution is 2.36. The second kappa shape index (κ2) is 5.87. The smallest absolute Gasteiger partial charge is 0.251 e. The molecule has 2 aromatic rings. The van der Waals surface area contributed by atoms with Crippen molar-refractivity contribution in [3.63, 3.8) is 0 Å². The van der Waals surface area contributed by atoms with Gasteiger partial charge in [-0.05, 0) is 56.2 Å². The van der Waals surface area contributed by atoms with Gasteiger partial charge in [0.05, 0.1) is 0 Å². The summed E-state index contributed by atoms with van der Waals surface area (Å²) in [5.41, 5.74) is 3.80. The molecule has 0 bridgehead atoms. The third kappa shape index (κ3) is 2.53. The Morgan fingerprint density at radius 1 is 1.00 bits per heavy atom. The van der Waals surface area contributed by atoms with Crippen LogP contribution < -0.4 is 5.32 Å². The molecule has 0 spiro atoms. The van der Waals surface area contributed by atoms with Gasteiger partial charge in [0.15, 0.2) is 5.78 Å². The number of rotatable bonds is 2. The Morgan fingerprint density at radius 2 is 1.67 bits per heavy atom. The van der Waals surface area contributed by atoms with E-state index >= 15 is 0 Å². The highest BCUT2D eigenvalue weighted by Gasteiger charge is 2.27. The average molecular weight is 320 g/mol. The number of hydrogen-bond donors (Lipinski definition) is 1. The van der Waals surface area contributed by atoms with E-state index < -0.39 is 0 Å². The first kappa shape index (κ1) is 15.1. The highest BCUT2D eigenvalue weighted by atomic mass is 16.1. The Morgan fingerprint density at radius 3 is 2.42 bits per heavy atom. The molecule has 1 aliphatic carbocycles. The standard InChI is InChI=1S/C20H20N2O2/c1-22-10-8-14(9-11-22)21-20(24)13-6-7-16-15-4-2-3-5-17(15)19(23)18(16)12-13/h2-7,12,14H,8-11H2,1H3,(H,21,24). The summed E-state index contributed by atoms with van der Waals surface area (Å²) in [7, 11) is 2.10. The van der Waals surface area contributed by atoms with E-state index in [9.17, 15) is 9.59 Å². The Labute approximate surface area is 141 Å². The molecule has 1 N–H and O–H groups in total. The number of benzene rings is 2. The first-order valence-corrected chi connectivity index (χ1v) is 8.41. The summed E-state index contributed by atoms with van der Waals surface area (Å²) in [6.07, 6.45) is 1.94. The van der Waals surface area contributed by atoms with Crippen molar-refractivity contribution in [1.29, 1.82) is 0 Å². The molecule has 122 valence electrons. The summed E-state index contributed by atoms with van der Waals surface area (Å²) in [6.45, 7) is 2.01. The summed E-state index contributed by atoms with van der Waals surface area (Å²) in [4.78, 5) is 27.4. The maximum atomic E-state index is 12.6. The molecule has 4 rings (SSSR count). The minimum absolute atomic E-state index is 0.00883. The Kier molecular flexibility index (Phi) is 3.69. The summed E-state index contributed by atoms with van der Waals surface area (Å²) in [6, 6.07) is 13.3. The van der Waals surface area contributed by atoms with Crippen LogP contribution in [0.2, 0.25) is 0 Å². The maximum absolute atomic E-state index is 12.6. The van der Waals surface area contributed by atoms with E-state index in [0.29, 0.717) is 11.1 Å². The van der Waals surface area contributed by atoms with Crippen molar-refractivity contribution in [2.45, 2.75) is 18.9 Å². The second-order valence-electron chi connectivity index (χ2n) is 6.69. The predicted molar refractivity (Wildman–Crippen MR) is 93.3 cm³/mol. The Balaban J connectivity index is 1.56. The van der Waals surface area contributed by atoms with Crippen molar-refractivity contribution in [3.05, 3.63) is 59.2 Å². The van der Waals surface area contributed by atoms with Crippen molar-refractivity contribution in [3.8, 4) is 11.1 Å². The summed E-state index contributed by atoms with van der Waals surface area (Å²) < 4.78 is 0. The summed E-state index contributed by atoms with van der Waals surface area (Å²) in [5.74, 6) is -0.0781. The topological polar surface area (TPSA) is 49.4 Å². The van der Waals surface area contributed by atoms with Gasteiger partial charge < -0.3 is 10.2 Å². The first-order valence-electron chi connectivity index (χ1n) is 8.41. The lowest BCUT2D eigenvalue weighted by Gasteiger charge is -2.29. The van der Waals surface area contributed by atoms with Crippen LogP contribution in [0.3, 0.4) is 0 Å². The van der Waals surface area contributed by atoms with Crippen LogP contribution in [-0.4, -0.2) is 42.8 Å². The van der Waals surface area contributed by atoms with Crippen molar-refractivity contribution >= 4 is 11.7 Å². The highest BCUT2D eigenvalue weighted by molar-refractivity contribution is 6.22. The normalized spacial score (nSPS) is 17.5. The SMILES string of the molecule is CN1CCC(NC(=O)c2ccc3c(c2)C(=O)c2ccccc2-3)CC1. The Hall–Kier alpha value is -2.46. The van der Waals surface area contributed by atoms with Gasteiger partial charge in [-0.25, -0.2) is 0 Å². The van der Waals surface area contributed by atoms with E-state index in [4.69, 9.17) is 0 Å². The zero-order chi connectivity index (χ0) is 16.7. The minimum Gasteiger partial charge on any atom is -0.349 e. The van der Waals surface area contributed by atoms with Gasteiger partial charge in [-0.15, -0.1) is 0 Å². The zero-order valence-corrected chi connectivity index (χ0v) is 13.7. The maximum Gasteiger partial charge on any atom is 0.251 e. The van der Waals surface area contributed by atoms with Crippen LogP contribution in [0.1, 0.15) is 39.1 Å². The molecule has 4 nitrogen and oxygen atoms in total. The number of fused-ring (bicyclic) bond motifs is 3. The number of carbonyl (C=O) groups excluding carboxylic acids is 2. The number of amides is 1. The number of ketones is 1. The number of piperidine rings is 1. The lowest BCUT2D eigenvalue weighted by atomic mass is 10.0. The van der Waals surface area contributed by atoms with E-state index in [-0.39, 0.29) is 17.7 Å². The van der Waals surface area contributed by atoms with Crippen molar-refractivity contribution in [1.82, 2.24) is 10.2 Å². The fourth-order valence-corrected chi connectivity index (χ4v) is 3.59. The van der Waals surface area contributed by atoms with Gasteiger partial charge in [-0.2, -0.15) is 0 Å². The lowest BCUT2D eigenvalue weighted by molar-refractivity contribution is 0.0917. The molecular weight excluding hydrogens is 300 g/mol. The zero-order valence-electron chi connectivity index (χ0n) is 13.7. The summed E-state index contributed by atoms with van der Waals surface area (Å²) >= 11 is 0. The molecule has 4 heteroatoms. The van der Waals surface area contributed by atoms with E-state index in [0.717, 1.165) is 42.6 Å². The van der Waals surface area contributed by atoms with Crippen molar-refractivity contribution < 1.29 is 9.59 Å². The van der Waals surface area contributed by atoms with Gasteiger partial charge in [-0.1, -0.05) is 30.3 Å². The van der Waals surface area contributed by atoms with Crippen molar-refractivity contribution in [2.24, 2.45) is 0 Å². The largest absolute Gasteiger partial charge is 0.349 e. The molecule has 1 heterocycles. The third-order valence-corrected chi connectivity index (χ3v) is 5.04. The van der Waals surface area contributed by atoms with Crippen LogP contribution in [0.15, 0.2) is 42.5 Å². The monoisotopic (exact) mass is 320 g/mol. The molecule has 0 unspecified atom stereocenters. The molecule has 24 heavy (non-hydrogen) atoms.